The molecule has 0 spiro atoms. The second-order valence-electron chi connectivity index (χ2n) is 10.4. The maximum absolute atomic E-state index is 13.2. The number of nitrogens with zero attached hydrogens (tertiary/aromatic N) is 1. The first kappa shape index (κ1) is 24.9. The van der Waals surface area contributed by atoms with Crippen molar-refractivity contribution in [3.05, 3.63) is 34.8 Å². The smallest absolute Gasteiger partial charge is 0.225 e. The molecule has 0 saturated heterocycles. The van der Waals surface area contributed by atoms with Gasteiger partial charge in [0.05, 0.1) is 18.4 Å². The Labute approximate surface area is 205 Å². The summed E-state index contributed by atoms with van der Waals surface area (Å²) in [6.45, 7) is 7.11. The van der Waals surface area contributed by atoms with Gasteiger partial charge in [-0.3, -0.25) is 4.79 Å². The monoisotopic (exact) mass is 487 g/mol. The minimum atomic E-state index is -0.634. The van der Waals surface area contributed by atoms with Crippen LogP contribution in [-0.2, 0) is 11.2 Å². The number of nitrogens with one attached hydrogen (secondary N) is 2. The van der Waals surface area contributed by atoms with Crippen LogP contribution in [0, 0.1) is 16.7 Å². The van der Waals surface area contributed by atoms with Gasteiger partial charge in [0.25, 0.3) is 0 Å². The Kier molecular flexibility index (Phi) is 7.22. The number of rotatable bonds is 8. The summed E-state index contributed by atoms with van der Waals surface area (Å²) in [4.78, 5) is 19.3. The van der Waals surface area contributed by atoms with Crippen molar-refractivity contribution in [2.24, 2.45) is 16.7 Å². The van der Waals surface area contributed by atoms with E-state index < -0.39 is 11.5 Å². The van der Waals surface area contributed by atoms with Gasteiger partial charge in [-0.25, -0.2) is 4.98 Å². The number of phenols is 1. The molecule has 1 aromatic heterocycles. The van der Waals surface area contributed by atoms with Crippen LogP contribution in [0.5, 0.6) is 5.75 Å². The van der Waals surface area contributed by atoms with E-state index in [1.807, 2.05) is 6.92 Å². The predicted molar refractivity (Wildman–Crippen MR) is 135 cm³/mol. The van der Waals surface area contributed by atoms with Crippen molar-refractivity contribution >= 4 is 28.1 Å². The van der Waals surface area contributed by atoms with E-state index in [1.165, 1.54) is 6.07 Å². The fourth-order valence-corrected chi connectivity index (χ4v) is 7.17. The predicted octanol–water partition coefficient (Wildman–Crippen LogP) is 4.51. The van der Waals surface area contributed by atoms with Crippen LogP contribution in [0.4, 0.5) is 10.8 Å². The fourth-order valence-electron chi connectivity index (χ4n) is 6.07. The molecule has 34 heavy (non-hydrogen) atoms. The molecule has 186 valence electrons. The molecule has 1 heterocycles. The van der Waals surface area contributed by atoms with Gasteiger partial charge in [-0.1, -0.05) is 33.3 Å². The molecule has 1 amide bonds. The summed E-state index contributed by atoms with van der Waals surface area (Å²) in [7, 11) is 0. The van der Waals surface area contributed by atoms with E-state index in [0.29, 0.717) is 12.1 Å². The van der Waals surface area contributed by atoms with E-state index in [9.17, 15) is 20.1 Å². The highest BCUT2D eigenvalue weighted by atomic mass is 32.1. The minimum absolute atomic E-state index is 0.0313. The van der Waals surface area contributed by atoms with Gasteiger partial charge in [0, 0.05) is 40.9 Å². The number of aliphatic hydroxyl groups is 2. The first-order valence-corrected chi connectivity index (χ1v) is 13.1. The first-order valence-electron chi connectivity index (χ1n) is 12.3. The van der Waals surface area contributed by atoms with Crippen molar-refractivity contribution in [3.63, 3.8) is 0 Å². The molecule has 0 aliphatic heterocycles. The number of unbranched alkanes of at least 4 members (excludes halogenated alkanes) is 1. The summed E-state index contributed by atoms with van der Waals surface area (Å²) >= 11 is 1.64. The molecule has 5 atom stereocenters. The summed E-state index contributed by atoms with van der Waals surface area (Å²) in [5.74, 6) is -0.125. The highest BCUT2D eigenvalue weighted by Crippen LogP contribution is 2.62. The number of fused-ring (bicyclic) bond motifs is 2. The van der Waals surface area contributed by atoms with Gasteiger partial charge in [0.1, 0.15) is 5.75 Å². The number of thiazole rings is 1. The van der Waals surface area contributed by atoms with Crippen molar-refractivity contribution in [2.45, 2.75) is 71.3 Å². The lowest BCUT2D eigenvalue weighted by molar-refractivity contribution is -0.143. The Bertz CT molecular complexity index is 1030. The second kappa shape index (κ2) is 9.84. The third kappa shape index (κ3) is 4.55. The molecule has 5 unspecified atom stereocenters. The van der Waals surface area contributed by atoms with E-state index in [4.69, 9.17) is 4.98 Å². The third-order valence-electron chi connectivity index (χ3n) is 8.22. The van der Waals surface area contributed by atoms with Gasteiger partial charge in [-0.05, 0) is 49.1 Å². The number of aromatic hydroxyl groups is 1. The second-order valence-corrected chi connectivity index (χ2v) is 11.5. The number of aromatic nitrogens is 1. The van der Waals surface area contributed by atoms with Crippen molar-refractivity contribution < 1.29 is 20.1 Å². The van der Waals surface area contributed by atoms with Crippen LogP contribution in [0.15, 0.2) is 24.3 Å². The van der Waals surface area contributed by atoms with Crippen LogP contribution < -0.4 is 10.6 Å². The zero-order chi connectivity index (χ0) is 24.5. The Balaban J connectivity index is 1.67. The van der Waals surface area contributed by atoms with E-state index in [-0.39, 0.29) is 41.9 Å². The Morgan fingerprint density at radius 2 is 2.12 bits per heavy atom. The average molecular weight is 488 g/mol. The first-order chi connectivity index (χ1) is 16.2. The molecule has 7 nitrogen and oxygen atoms in total. The number of carbonyl (C=O) groups is 1. The van der Waals surface area contributed by atoms with Crippen molar-refractivity contribution in [3.8, 4) is 5.75 Å². The lowest BCUT2D eigenvalue weighted by atomic mass is 9.47. The van der Waals surface area contributed by atoms with Crippen LogP contribution in [-0.4, -0.2) is 45.5 Å². The van der Waals surface area contributed by atoms with E-state index >= 15 is 0 Å². The summed E-state index contributed by atoms with van der Waals surface area (Å²) < 4.78 is 0. The molecule has 4 rings (SSSR count). The van der Waals surface area contributed by atoms with Crippen molar-refractivity contribution in [2.75, 3.05) is 23.8 Å². The number of benzene rings is 1. The lowest BCUT2D eigenvalue weighted by Crippen LogP contribution is -2.57. The average Bonchev–Trinajstić information content (AvgIpc) is 3.21. The van der Waals surface area contributed by atoms with E-state index in [1.54, 1.807) is 29.5 Å². The normalized spacial score (nSPS) is 30.3. The van der Waals surface area contributed by atoms with Crippen molar-refractivity contribution in [1.82, 2.24) is 4.98 Å². The highest BCUT2D eigenvalue weighted by molar-refractivity contribution is 7.15. The maximum atomic E-state index is 13.2. The molecule has 2 aromatic rings. The fraction of sp³-hybridized carbons (Fsp3) is 0.615. The maximum Gasteiger partial charge on any atom is 0.225 e. The van der Waals surface area contributed by atoms with Crippen molar-refractivity contribution in [1.29, 1.82) is 0 Å². The van der Waals surface area contributed by atoms with Crippen LogP contribution >= 0.6 is 11.3 Å². The molecule has 5 N–H and O–H groups in total. The number of hydrogen-bond donors (Lipinski definition) is 5. The van der Waals surface area contributed by atoms with Gasteiger partial charge >= 0.3 is 0 Å². The van der Waals surface area contributed by atoms with Gasteiger partial charge in [-0.15, -0.1) is 11.3 Å². The molecule has 0 bridgehead atoms. The Hall–Kier alpha value is -2.16. The Morgan fingerprint density at radius 3 is 2.82 bits per heavy atom. The number of hydrogen-bond acceptors (Lipinski definition) is 7. The molecule has 1 aromatic carbocycles. The van der Waals surface area contributed by atoms with Gasteiger partial charge in [0.2, 0.25) is 5.91 Å². The molecule has 2 aliphatic carbocycles. The number of carbonyl (C=O) groups excluding carboxylic acids is 1. The third-order valence-corrected chi connectivity index (χ3v) is 9.27. The topological polar surface area (TPSA) is 115 Å². The summed E-state index contributed by atoms with van der Waals surface area (Å²) in [6, 6.07) is 6.56. The molecule has 2 aliphatic rings. The number of phenolic OH excluding ortho intramolecular Hbond substituents is 1. The Morgan fingerprint density at radius 1 is 1.32 bits per heavy atom. The zero-order valence-corrected chi connectivity index (χ0v) is 21.1. The van der Waals surface area contributed by atoms with Crippen LogP contribution in [0.3, 0.4) is 0 Å². The molecular formula is C26H37N3O4S. The summed E-state index contributed by atoms with van der Waals surface area (Å²) in [5.41, 5.74) is 0.617. The number of amides is 1. The van der Waals surface area contributed by atoms with Crippen LogP contribution in [0.25, 0.3) is 0 Å². The lowest BCUT2D eigenvalue weighted by Gasteiger charge is -2.58. The standard InChI is InChI=1S/C26H37N3O4S/c1-4-5-11-27-24-29-23-18(13-22(33)28-16-7-6-8-17(31)12-16)25(2)10-9-21(32)26(3,15-30)20(25)14-19(23)34-24/h6-8,12,18,20-21,30-32H,4-5,9-11,13-15H2,1-3H3,(H,27,29)(H,28,33). The zero-order valence-electron chi connectivity index (χ0n) is 20.3. The minimum Gasteiger partial charge on any atom is -0.508 e. The molecular weight excluding hydrogens is 450 g/mol. The highest BCUT2D eigenvalue weighted by Gasteiger charge is 2.59. The van der Waals surface area contributed by atoms with Gasteiger partial charge in [-0.2, -0.15) is 0 Å². The van der Waals surface area contributed by atoms with Crippen LogP contribution in [0.1, 0.15) is 69.4 Å². The molecule has 0 radical (unpaired) electrons. The quantitative estimate of drug-likeness (QED) is 0.350. The van der Waals surface area contributed by atoms with Gasteiger partial charge < -0.3 is 26.0 Å². The van der Waals surface area contributed by atoms with Gasteiger partial charge in [0.15, 0.2) is 5.13 Å². The number of anilines is 2. The van der Waals surface area contributed by atoms with E-state index in [2.05, 4.69) is 24.5 Å². The number of aliphatic hydroxyl groups excluding tert-OH is 2. The SMILES string of the molecule is CCCCNc1nc2c(s1)CC1C(C)(CO)C(O)CCC1(C)C2CC(=O)Nc1cccc(O)c1. The summed E-state index contributed by atoms with van der Waals surface area (Å²) in [6.07, 6.45) is 3.96. The molecule has 8 heteroatoms. The molecule has 1 saturated carbocycles. The largest absolute Gasteiger partial charge is 0.508 e. The van der Waals surface area contributed by atoms with Crippen LogP contribution in [0.2, 0.25) is 0 Å². The van der Waals surface area contributed by atoms with E-state index in [0.717, 1.165) is 47.9 Å². The summed E-state index contributed by atoms with van der Waals surface area (Å²) in [5, 5.41) is 38.3. The molecule has 1 fully saturated rings.